The fourth-order valence-corrected chi connectivity index (χ4v) is 4.08. The molecule has 3 rings (SSSR count). The molecule has 22 heavy (non-hydrogen) atoms. The van der Waals surface area contributed by atoms with Gasteiger partial charge < -0.3 is 4.90 Å². The third-order valence-corrected chi connectivity index (χ3v) is 5.94. The van der Waals surface area contributed by atoms with Crippen LogP contribution in [0.25, 0.3) is 10.9 Å². The van der Waals surface area contributed by atoms with E-state index in [2.05, 4.69) is 10.2 Å². The van der Waals surface area contributed by atoms with Crippen molar-refractivity contribution in [1.29, 1.82) is 0 Å². The summed E-state index contributed by atoms with van der Waals surface area (Å²) in [6.07, 6.45) is 4.83. The molecule has 1 aromatic carbocycles. The number of amides is 1. The summed E-state index contributed by atoms with van der Waals surface area (Å²) in [6, 6.07) is 5.44. The highest BCUT2D eigenvalue weighted by atomic mass is 32.2. The summed E-state index contributed by atoms with van der Waals surface area (Å²) >= 11 is 0. The summed E-state index contributed by atoms with van der Waals surface area (Å²) in [4.78, 5) is 14.4. The van der Waals surface area contributed by atoms with E-state index in [1.54, 1.807) is 17.2 Å². The second-order valence-electron chi connectivity index (χ2n) is 5.85. The number of fused-ring (bicyclic) bond motifs is 1. The van der Waals surface area contributed by atoms with Crippen molar-refractivity contribution in [2.24, 2.45) is 0 Å². The number of hydrogen-bond acceptors (Lipinski definition) is 4. The van der Waals surface area contributed by atoms with Gasteiger partial charge in [0, 0.05) is 30.3 Å². The van der Waals surface area contributed by atoms with Gasteiger partial charge in [-0.25, -0.2) is 8.42 Å². The summed E-state index contributed by atoms with van der Waals surface area (Å²) < 4.78 is 23.4. The largest absolute Gasteiger partial charge is 0.339 e. The molecule has 6 nitrogen and oxygen atoms in total. The lowest BCUT2D eigenvalue weighted by Gasteiger charge is -2.20. The molecule has 1 N–H and O–H groups in total. The van der Waals surface area contributed by atoms with E-state index in [-0.39, 0.29) is 11.2 Å². The number of sulfone groups is 1. The average molecular weight is 321 g/mol. The van der Waals surface area contributed by atoms with Gasteiger partial charge in [-0.3, -0.25) is 9.89 Å². The highest BCUT2D eigenvalue weighted by Crippen LogP contribution is 2.20. The molecule has 0 bridgehead atoms. The standard InChI is InChI=1S/C15H19N3O3S/c1-22(20,21)13-3-2-7-18(8-6-13)15(19)11-4-5-14-12(9-11)10-16-17-14/h4-5,9-10,13H,2-3,6-8H2,1H3,(H,16,17). The molecule has 2 aromatic rings. The quantitative estimate of drug-likeness (QED) is 0.911. The van der Waals surface area contributed by atoms with Crippen LogP contribution in [0.2, 0.25) is 0 Å². The third-order valence-electron chi connectivity index (χ3n) is 4.25. The monoisotopic (exact) mass is 321 g/mol. The molecule has 0 saturated carbocycles. The molecular weight excluding hydrogens is 302 g/mol. The summed E-state index contributed by atoms with van der Waals surface area (Å²) in [5.41, 5.74) is 1.51. The number of aromatic amines is 1. The van der Waals surface area contributed by atoms with Gasteiger partial charge in [0.25, 0.3) is 5.91 Å². The van der Waals surface area contributed by atoms with Gasteiger partial charge in [-0.05, 0) is 37.5 Å². The number of nitrogens with one attached hydrogen (secondary N) is 1. The van der Waals surface area contributed by atoms with Crippen molar-refractivity contribution in [3.63, 3.8) is 0 Å². The molecule has 1 aliphatic rings. The SMILES string of the molecule is CS(=O)(=O)C1CCCN(C(=O)c2ccc3[nH]ncc3c2)CC1. The van der Waals surface area contributed by atoms with E-state index in [1.807, 2.05) is 12.1 Å². The topological polar surface area (TPSA) is 83.1 Å². The van der Waals surface area contributed by atoms with E-state index in [0.29, 0.717) is 31.5 Å². The van der Waals surface area contributed by atoms with E-state index < -0.39 is 9.84 Å². The molecule has 7 heteroatoms. The van der Waals surface area contributed by atoms with Gasteiger partial charge in [0.2, 0.25) is 0 Å². The molecule has 0 spiro atoms. The maximum absolute atomic E-state index is 12.6. The number of carbonyl (C=O) groups is 1. The Morgan fingerprint density at radius 3 is 2.91 bits per heavy atom. The number of likely N-dealkylation sites (tertiary alicyclic amines) is 1. The molecule has 2 heterocycles. The Morgan fingerprint density at radius 2 is 2.14 bits per heavy atom. The highest BCUT2D eigenvalue weighted by Gasteiger charge is 2.27. The predicted octanol–water partition coefficient (Wildman–Crippen LogP) is 1.60. The molecule has 1 atom stereocenters. The van der Waals surface area contributed by atoms with Crippen LogP contribution in [-0.2, 0) is 9.84 Å². The number of H-pyrrole nitrogens is 1. The van der Waals surface area contributed by atoms with Crippen molar-refractivity contribution < 1.29 is 13.2 Å². The number of hydrogen-bond donors (Lipinski definition) is 1. The van der Waals surface area contributed by atoms with Crippen molar-refractivity contribution >= 4 is 26.6 Å². The Hall–Kier alpha value is -1.89. The van der Waals surface area contributed by atoms with Gasteiger partial charge >= 0.3 is 0 Å². The van der Waals surface area contributed by atoms with Crippen LogP contribution in [0.3, 0.4) is 0 Å². The smallest absolute Gasteiger partial charge is 0.253 e. The zero-order chi connectivity index (χ0) is 15.7. The van der Waals surface area contributed by atoms with Crippen LogP contribution in [0.1, 0.15) is 29.6 Å². The molecule has 1 saturated heterocycles. The first-order valence-electron chi connectivity index (χ1n) is 7.36. The average Bonchev–Trinajstić information content (AvgIpc) is 2.78. The lowest BCUT2D eigenvalue weighted by molar-refractivity contribution is 0.0762. The third kappa shape index (κ3) is 2.99. The predicted molar refractivity (Wildman–Crippen MR) is 84.5 cm³/mol. The normalized spacial score (nSPS) is 20.0. The van der Waals surface area contributed by atoms with E-state index >= 15 is 0 Å². The van der Waals surface area contributed by atoms with Crippen molar-refractivity contribution in [2.75, 3.05) is 19.3 Å². The highest BCUT2D eigenvalue weighted by molar-refractivity contribution is 7.91. The van der Waals surface area contributed by atoms with Crippen LogP contribution in [0.5, 0.6) is 0 Å². The molecule has 118 valence electrons. The van der Waals surface area contributed by atoms with Gasteiger partial charge in [-0.15, -0.1) is 0 Å². The Morgan fingerprint density at radius 1 is 1.32 bits per heavy atom. The fourth-order valence-electron chi connectivity index (χ4n) is 2.96. The van der Waals surface area contributed by atoms with Crippen LogP contribution in [0.15, 0.2) is 24.4 Å². The van der Waals surface area contributed by atoms with Gasteiger partial charge in [-0.1, -0.05) is 0 Å². The fraction of sp³-hybridized carbons (Fsp3) is 0.467. The Labute approximate surface area is 129 Å². The second kappa shape index (κ2) is 5.72. The molecule has 1 amide bonds. The van der Waals surface area contributed by atoms with Crippen LogP contribution in [0, 0.1) is 0 Å². The van der Waals surface area contributed by atoms with Crippen LogP contribution in [-0.4, -0.2) is 54.0 Å². The molecular formula is C15H19N3O3S. The lowest BCUT2D eigenvalue weighted by Crippen LogP contribution is -2.32. The Kier molecular flexibility index (Phi) is 3.90. The van der Waals surface area contributed by atoms with Gasteiger partial charge in [0.1, 0.15) is 9.84 Å². The Bertz CT molecular complexity index is 797. The maximum atomic E-state index is 12.6. The van der Waals surface area contributed by atoms with E-state index in [1.165, 1.54) is 6.26 Å². The van der Waals surface area contributed by atoms with E-state index in [4.69, 9.17) is 0 Å². The molecule has 0 aliphatic carbocycles. The van der Waals surface area contributed by atoms with Gasteiger partial charge in [-0.2, -0.15) is 5.10 Å². The minimum atomic E-state index is -3.03. The van der Waals surface area contributed by atoms with Crippen LogP contribution < -0.4 is 0 Å². The zero-order valence-electron chi connectivity index (χ0n) is 12.4. The minimum Gasteiger partial charge on any atom is -0.339 e. The van der Waals surface area contributed by atoms with Crippen molar-refractivity contribution in [3.8, 4) is 0 Å². The molecule has 1 unspecified atom stereocenters. The second-order valence-corrected chi connectivity index (χ2v) is 8.17. The van der Waals surface area contributed by atoms with Gasteiger partial charge in [0.05, 0.1) is 17.0 Å². The maximum Gasteiger partial charge on any atom is 0.253 e. The number of nitrogens with zero attached hydrogens (tertiary/aromatic N) is 2. The van der Waals surface area contributed by atoms with Crippen molar-refractivity contribution in [1.82, 2.24) is 15.1 Å². The lowest BCUT2D eigenvalue weighted by atomic mass is 10.1. The van der Waals surface area contributed by atoms with Gasteiger partial charge in [0.15, 0.2) is 0 Å². The first-order chi connectivity index (χ1) is 10.4. The number of carbonyl (C=O) groups excluding carboxylic acids is 1. The first kappa shape index (κ1) is 15.0. The number of benzene rings is 1. The summed E-state index contributed by atoms with van der Waals surface area (Å²) in [5.74, 6) is -0.0442. The Balaban J connectivity index is 1.77. The van der Waals surface area contributed by atoms with Crippen LogP contribution in [0.4, 0.5) is 0 Å². The molecule has 0 radical (unpaired) electrons. The zero-order valence-corrected chi connectivity index (χ0v) is 13.3. The number of rotatable bonds is 2. The number of aromatic nitrogens is 2. The van der Waals surface area contributed by atoms with Crippen LogP contribution >= 0.6 is 0 Å². The molecule has 1 aromatic heterocycles. The van der Waals surface area contributed by atoms with Crippen molar-refractivity contribution in [3.05, 3.63) is 30.0 Å². The summed E-state index contributed by atoms with van der Waals surface area (Å²) in [7, 11) is -3.03. The van der Waals surface area contributed by atoms with E-state index in [9.17, 15) is 13.2 Å². The first-order valence-corrected chi connectivity index (χ1v) is 9.32. The van der Waals surface area contributed by atoms with Crippen molar-refractivity contribution in [2.45, 2.75) is 24.5 Å². The van der Waals surface area contributed by atoms with E-state index in [0.717, 1.165) is 17.3 Å². The summed E-state index contributed by atoms with van der Waals surface area (Å²) in [6.45, 7) is 1.09. The minimum absolute atomic E-state index is 0.0442. The molecule has 1 fully saturated rings. The summed E-state index contributed by atoms with van der Waals surface area (Å²) in [5, 5.41) is 7.37. The molecule has 1 aliphatic heterocycles.